The number of ether oxygens (including phenoxy) is 1. The fourth-order valence-electron chi connectivity index (χ4n) is 3.13. The van der Waals surface area contributed by atoms with Crippen LogP contribution in [0.5, 0.6) is 5.75 Å². The summed E-state index contributed by atoms with van der Waals surface area (Å²) in [5.74, 6) is -0.921. The van der Waals surface area contributed by atoms with E-state index >= 15 is 0 Å². The summed E-state index contributed by atoms with van der Waals surface area (Å²) in [4.78, 5) is 26.0. The number of primary amides is 1. The van der Waals surface area contributed by atoms with Gasteiger partial charge in [0.2, 0.25) is 11.8 Å². The number of hydrogen-bond acceptors (Lipinski definition) is 4. The molecule has 2 amide bonds. The number of alkyl halides is 2. The first-order chi connectivity index (χ1) is 13.9. The molecule has 0 unspecified atom stereocenters. The van der Waals surface area contributed by atoms with E-state index in [0.29, 0.717) is 16.8 Å². The Balaban J connectivity index is 1.72. The third kappa shape index (κ3) is 5.54. The number of nitrogens with zero attached hydrogens (tertiary/aromatic N) is 1. The summed E-state index contributed by atoms with van der Waals surface area (Å²) in [6, 6.07) is 10.9. The van der Waals surface area contributed by atoms with Crippen LogP contribution >= 0.6 is 0 Å². The van der Waals surface area contributed by atoms with Crippen molar-refractivity contribution < 1.29 is 23.1 Å². The number of amides is 2. The van der Waals surface area contributed by atoms with E-state index in [1.807, 2.05) is 0 Å². The van der Waals surface area contributed by atoms with Gasteiger partial charge in [-0.15, -0.1) is 0 Å². The lowest BCUT2D eigenvalue weighted by Gasteiger charge is -2.21. The Morgan fingerprint density at radius 2 is 1.79 bits per heavy atom. The van der Waals surface area contributed by atoms with Crippen molar-refractivity contribution in [3.05, 3.63) is 59.7 Å². The molecule has 2 aromatic carbocycles. The summed E-state index contributed by atoms with van der Waals surface area (Å²) in [5.41, 5.74) is 7.66. The molecule has 8 heteroatoms. The maximum atomic E-state index is 12.4. The molecule has 1 heterocycles. The van der Waals surface area contributed by atoms with E-state index in [9.17, 15) is 18.4 Å². The highest BCUT2D eigenvalue weighted by molar-refractivity contribution is 6.05. The fraction of sp³-hybridized carbons (Fsp3) is 0.238. The number of nitrogens with one attached hydrogen (secondary N) is 1. The number of carbonyl (C=O) groups is 2. The summed E-state index contributed by atoms with van der Waals surface area (Å²) >= 11 is 0. The molecule has 2 aromatic rings. The number of rotatable bonds is 7. The number of carbonyl (C=O) groups excluding carboxylic acids is 2. The maximum Gasteiger partial charge on any atom is 0.387 e. The second-order valence-corrected chi connectivity index (χ2v) is 6.56. The highest BCUT2D eigenvalue weighted by Crippen LogP contribution is 2.30. The van der Waals surface area contributed by atoms with Gasteiger partial charge in [-0.25, -0.2) is 0 Å². The molecule has 0 radical (unpaired) electrons. The van der Waals surface area contributed by atoms with Gasteiger partial charge in [-0.2, -0.15) is 8.78 Å². The molecule has 6 nitrogen and oxygen atoms in total. The predicted octanol–water partition coefficient (Wildman–Crippen LogP) is 3.64. The van der Waals surface area contributed by atoms with Crippen LogP contribution in [-0.4, -0.2) is 31.5 Å². The largest absolute Gasteiger partial charge is 0.435 e. The molecule has 1 aliphatic rings. The van der Waals surface area contributed by atoms with Crippen LogP contribution in [0.25, 0.3) is 6.08 Å². The lowest BCUT2D eigenvalue weighted by molar-refractivity contribution is -0.111. The molecule has 3 rings (SSSR count). The third-order valence-electron chi connectivity index (χ3n) is 4.52. The van der Waals surface area contributed by atoms with Crippen molar-refractivity contribution in [1.29, 1.82) is 0 Å². The van der Waals surface area contributed by atoms with Gasteiger partial charge >= 0.3 is 6.61 Å². The Bertz CT molecular complexity index is 908. The molecule has 0 atom stereocenters. The molecule has 3 N–H and O–H groups in total. The zero-order valence-electron chi connectivity index (χ0n) is 15.6. The summed E-state index contributed by atoms with van der Waals surface area (Å²) in [6.07, 6.45) is 5.01. The maximum absolute atomic E-state index is 12.4. The number of nitrogens with two attached hydrogens (primary N) is 1. The zero-order chi connectivity index (χ0) is 20.8. The normalized spacial score (nSPS) is 13.8. The molecule has 0 aromatic heterocycles. The first-order valence-corrected chi connectivity index (χ1v) is 9.15. The summed E-state index contributed by atoms with van der Waals surface area (Å²) in [6.45, 7) is -1.13. The van der Waals surface area contributed by atoms with Crippen LogP contribution in [-0.2, 0) is 4.79 Å². The minimum atomic E-state index is -2.89. The van der Waals surface area contributed by atoms with E-state index in [2.05, 4.69) is 15.0 Å². The molecule has 29 heavy (non-hydrogen) atoms. The van der Waals surface area contributed by atoms with Crippen molar-refractivity contribution in [2.75, 3.05) is 23.3 Å². The van der Waals surface area contributed by atoms with E-state index in [4.69, 9.17) is 5.73 Å². The Morgan fingerprint density at radius 1 is 1.10 bits per heavy atom. The van der Waals surface area contributed by atoms with Crippen LogP contribution in [0.1, 0.15) is 28.8 Å². The Morgan fingerprint density at radius 3 is 2.41 bits per heavy atom. The van der Waals surface area contributed by atoms with Crippen molar-refractivity contribution in [2.24, 2.45) is 5.73 Å². The van der Waals surface area contributed by atoms with Crippen LogP contribution in [0.3, 0.4) is 0 Å². The van der Waals surface area contributed by atoms with Crippen molar-refractivity contribution in [2.45, 2.75) is 19.5 Å². The predicted molar refractivity (Wildman–Crippen MR) is 107 cm³/mol. The van der Waals surface area contributed by atoms with Crippen LogP contribution in [0.4, 0.5) is 20.2 Å². The molecule has 1 saturated heterocycles. The first-order valence-electron chi connectivity index (χ1n) is 9.15. The van der Waals surface area contributed by atoms with Gasteiger partial charge in [0.25, 0.3) is 0 Å². The highest BCUT2D eigenvalue weighted by atomic mass is 19.3. The average molecular weight is 401 g/mol. The molecule has 1 fully saturated rings. The molecule has 1 aliphatic heterocycles. The third-order valence-corrected chi connectivity index (χ3v) is 4.52. The van der Waals surface area contributed by atoms with Crippen LogP contribution in [0.2, 0.25) is 0 Å². The van der Waals surface area contributed by atoms with Gasteiger partial charge in [0.1, 0.15) is 5.75 Å². The molecular formula is C21H21F2N3O3. The minimum absolute atomic E-state index is 0.0418. The highest BCUT2D eigenvalue weighted by Gasteiger charge is 2.18. The van der Waals surface area contributed by atoms with E-state index in [0.717, 1.165) is 31.6 Å². The second kappa shape index (κ2) is 9.18. The van der Waals surface area contributed by atoms with Gasteiger partial charge in [-0.1, -0.05) is 12.1 Å². The molecule has 0 bridgehead atoms. The van der Waals surface area contributed by atoms with E-state index < -0.39 is 12.5 Å². The number of halogens is 2. The van der Waals surface area contributed by atoms with E-state index in [-0.39, 0.29) is 11.7 Å². The first kappa shape index (κ1) is 20.3. The summed E-state index contributed by atoms with van der Waals surface area (Å²) < 4.78 is 28.7. The molecule has 152 valence electrons. The minimum Gasteiger partial charge on any atom is -0.435 e. The van der Waals surface area contributed by atoms with Crippen LogP contribution in [0, 0.1) is 0 Å². The molecule has 0 saturated carbocycles. The molecule has 0 spiro atoms. The van der Waals surface area contributed by atoms with Gasteiger partial charge in [-0.05, 0) is 54.8 Å². The number of hydrogen-bond donors (Lipinski definition) is 2. The van der Waals surface area contributed by atoms with Gasteiger partial charge in [0, 0.05) is 24.7 Å². The summed E-state index contributed by atoms with van der Waals surface area (Å²) in [7, 11) is 0. The van der Waals surface area contributed by atoms with Crippen LogP contribution in [0.15, 0.2) is 48.5 Å². The van der Waals surface area contributed by atoms with Gasteiger partial charge in [0.15, 0.2) is 0 Å². The lowest BCUT2D eigenvalue weighted by atomic mass is 10.1. The molecule has 0 aliphatic carbocycles. The van der Waals surface area contributed by atoms with Gasteiger partial charge in [-0.3, -0.25) is 9.59 Å². The lowest BCUT2D eigenvalue weighted by Crippen LogP contribution is -2.21. The summed E-state index contributed by atoms with van der Waals surface area (Å²) in [5, 5.41) is 2.79. The fourth-order valence-corrected chi connectivity index (χ4v) is 3.13. The smallest absolute Gasteiger partial charge is 0.387 e. The van der Waals surface area contributed by atoms with Gasteiger partial charge < -0.3 is 20.7 Å². The second-order valence-electron chi connectivity index (χ2n) is 6.56. The van der Waals surface area contributed by atoms with Gasteiger partial charge in [0.05, 0.1) is 11.4 Å². The number of anilines is 2. The topological polar surface area (TPSA) is 84.7 Å². The van der Waals surface area contributed by atoms with Crippen molar-refractivity contribution in [3.63, 3.8) is 0 Å². The van der Waals surface area contributed by atoms with E-state index in [1.54, 1.807) is 36.4 Å². The quantitative estimate of drug-likeness (QED) is 0.694. The number of benzene rings is 2. The van der Waals surface area contributed by atoms with Crippen molar-refractivity contribution in [1.82, 2.24) is 0 Å². The van der Waals surface area contributed by atoms with Crippen molar-refractivity contribution in [3.8, 4) is 5.75 Å². The van der Waals surface area contributed by atoms with Crippen molar-refractivity contribution >= 4 is 29.3 Å². The molecular weight excluding hydrogens is 380 g/mol. The van der Waals surface area contributed by atoms with Crippen LogP contribution < -0.4 is 20.7 Å². The average Bonchev–Trinajstić information content (AvgIpc) is 3.21. The standard InChI is InChI=1S/C21H21F2N3O3/c22-21(23)29-16-7-3-14(4-8-16)5-10-19(27)25-17-13-15(20(24)28)6-9-18(17)26-11-1-2-12-26/h3-10,13,21H,1-2,11-12H2,(H2,24,28)(H,25,27)/b10-5+. The SMILES string of the molecule is NC(=O)c1ccc(N2CCCC2)c(NC(=O)/C=C/c2ccc(OC(F)F)cc2)c1. The van der Waals surface area contributed by atoms with E-state index in [1.165, 1.54) is 18.2 Å². The zero-order valence-corrected chi connectivity index (χ0v) is 15.6. The monoisotopic (exact) mass is 401 g/mol. The Kier molecular flexibility index (Phi) is 6.43. The Labute approximate surface area is 166 Å². The Hall–Kier alpha value is -3.42.